The summed E-state index contributed by atoms with van der Waals surface area (Å²) in [6, 6.07) is 9.38. The molecule has 19 heavy (non-hydrogen) atoms. The lowest BCUT2D eigenvalue weighted by atomic mass is 9.84. The van der Waals surface area contributed by atoms with Crippen LogP contribution in [0.15, 0.2) is 36.5 Å². The molecule has 1 aromatic heterocycles. The van der Waals surface area contributed by atoms with Crippen LogP contribution in [0.2, 0.25) is 0 Å². The number of rotatable bonds is 2. The quantitative estimate of drug-likeness (QED) is 0.845. The molecule has 1 aliphatic rings. The summed E-state index contributed by atoms with van der Waals surface area (Å²) >= 11 is 0. The van der Waals surface area contributed by atoms with E-state index in [1.165, 1.54) is 16.8 Å². The van der Waals surface area contributed by atoms with Gasteiger partial charge in [0.1, 0.15) is 5.82 Å². The molecule has 0 spiro atoms. The number of benzene rings is 1. The number of hydrogen-bond donors (Lipinski definition) is 2. The van der Waals surface area contributed by atoms with Crippen LogP contribution in [0.25, 0.3) is 0 Å². The first kappa shape index (κ1) is 12.4. The van der Waals surface area contributed by atoms with Gasteiger partial charge in [-0.3, -0.25) is 0 Å². The molecule has 3 rings (SSSR count). The van der Waals surface area contributed by atoms with Crippen LogP contribution in [0.3, 0.4) is 0 Å². The largest absolute Gasteiger partial charge is 0.365 e. The van der Waals surface area contributed by atoms with E-state index in [0.717, 1.165) is 19.4 Å². The standard InChI is InChI=1S/C16H19FN2/c1-11-15(7-9-18-11)13-6-8-19-16(10-13)12-2-4-14(17)5-3-12/h2-5,7,9,13,16,18-19H,6,8,10H2,1H3. The van der Waals surface area contributed by atoms with Crippen LogP contribution in [0, 0.1) is 12.7 Å². The molecule has 100 valence electrons. The third-order valence-electron chi connectivity index (χ3n) is 4.11. The SMILES string of the molecule is Cc1[nH]ccc1C1CCNC(c2ccc(F)cc2)C1. The minimum Gasteiger partial charge on any atom is -0.365 e. The van der Waals surface area contributed by atoms with Gasteiger partial charge < -0.3 is 10.3 Å². The van der Waals surface area contributed by atoms with Crippen LogP contribution < -0.4 is 5.32 Å². The molecule has 1 aromatic carbocycles. The Hall–Kier alpha value is -1.61. The second kappa shape index (κ2) is 5.17. The maximum absolute atomic E-state index is 13.0. The van der Waals surface area contributed by atoms with E-state index in [1.807, 2.05) is 18.3 Å². The average Bonchev–Trinajstić information content (AvgIpc) is 2.86. The minimum absolute atomic E-state index is 0.169. The average molecular weight is 258 g/mol. The number of hydrogen-bond acceptors (Lipinski definition) is 1. The molecule has 0 radical (unpaired) electrons. The predicted molar refractivity (Wildman–Crippen MR) is 74.6 cm³/mol. The number of aryl methyl sites for hydroxylation is 1. The molecule has 0 saturated carbocycles. The molecular formula is C16H19FN2. The van der Waals surface area contributed by atoms with Crippen molar-refractivity contribution in [1.29, 1.82) is 0 Å². The Morgan fingerprint density at radius 2 is 1.95 bits per heavy atom. The van der Waals surface area contributed by atoms with Gasteiger partial charge in [0.25, 0.3) is 0 Å². The van der Waals surface area contributed by atoms with Crippen LogP contribution in [-0.2, 0) is 0 Å². The van der Waals surface area contributed by atoms with Gasteiger partial charge >= 0.3 is 0 Å². The van der Waals surface area contributed by atoms with Crippen molar-refractivity contribution in [1.82, 2.24) is 10.3 Å². The van der Waals surface area contributed by atoms with E-state index < -0.39 is 0 Å². The normalized spacial score (nSPS) is 23.5. The number of nitrogens with one attached hydrogen (secondary N) is 2. The molecule has 2 nitrogen and oxygen atoms in total. The van der Waals surface area contributed by atoms with Crippen molar-refractivity contribution in [3.05, 3.63) is 59.2 Å². The summed E-state index contributed by atoms with van der Waals surface area (Å²) in [5.74, 6) is 0.417. The third kappa shape index (κ3) is 2.56. The zero-order valence-corrected chi connectivity index (χ0v) is 11.1. The van der Waals surface area contributed by atoms with Crippen molar-refractivity contribution >= 4 is 0 Å². The topological polar surface area (TPSA) is 27.8 Å². The van der Waals surface area contributed by atoms with E-state index in [1.54, 1.807) is 12.1 Å². The van der Waals surface area contributed by atoms with E-state index in [4.69, 9.17) is 0 Å². The molecule has 2 atom stereocenters. The monoisotopic (exact) mass is 258 g/mol. The van der Waals surface area contributed by atoms with Crippen LogP contribution >= 0.6 is 0 Å². The molecule has 2 aromatic rings. The van der Waals surface area contributed by atoms with Crippen molar-refractivity contribution in [2.24, 2.45) is 0 Å². The van der Waals surface area contributed by atoms with Crippen molar-refractivity contribution in [2.45, 2.75) is 31.7 Å². The fraction of sp³-hybridized carbons (Fsp3) is 0.375. The third-order valence-corrected chi connectivity index (χ3v) is 4.11. The van der Waals surface area contributed by atoms with Crippen molar-refractivity contribution < 1.29 is 4.39 Å². The molecule has 1 fully saturated rings. The zero-order chi connectivity index (χ0) is 13.2. The Balaban J connectivity index is 1.78. The van der Waals surface area contributed by atoms with E-state index in [-0.39, 0.29) is 5.82 Å². The van der Waals surface area contributed by atoms with Crippen molar-refractivity contribution in [3.63, 3.8) is 0 Å². The lowest BCUT2D eigenvalue weighted by Crippen LogP contribution is -2.31. The summed E-state index contributed by atoms with van der Waals surface area (Å²) in [5.41, 5.74) is 3.87. The molecule has 2 heterocycles. The highest BCUT2D eigenvalue weighted by molar-refractivity contribution is 5.27. The van der Waals surface area contributed by atoms with Gasteiger partial charge in [-0.2, -0.15) is 0 Å². The lowest BCUT2D eigenvalue weighted by Gasteiger charge is -2.31. The predicted octanol–water partition coefficient (Wildman–Crippen LogP) is 3.67. The van der Waals surface area contributed by atoms with E-state index >= 15 is 0 Å². The van der Waals surface area contributed by atoms with Crippen molar-refractivity contribution in [2.75, 3.05) is 6.54 Å². The van der Waals surface area contributed by atoms with Gasteiger partial charge in [-0.1, -0.05) is 12.1 Å². The molecule has 1 aliphatic heterocycles. The van der Waals surface area contributed by atoms with E-state index in [2.05, 4.69) is 23.3 Å². The zero-order valence-electron chi connectivity index (χ0n) is 11.1. The Bertz CT molecular complexity index is 544. The first-order valence-corrected chi connectivity index (χ1v) is 6.87. The molecule has 0 bridgehead atoms. The number of halogens is 1. The molecule has 1 saturated heterocycles. The fourth-order valence-electron chi connectivity index (χ4n) is 3.06. The van der Waals surface area contributed by atoms with Crippen molar-refractivity contribution in [3.8, 4) is 0 Å². The van der Waals surface area contributed by atoms with E-state index in [0.29, 0.717) is 12.0 Å². The molecule has 2 unspecified atom stereocenters. The summed E-state index contributed by atoms with van der Waals surface area (Å²) in [7, 11) is 0. The first-order valence-electron chi connectivity index (χ1n) is 6.87. The Morgan fingerprint density at radius 1 is 1.16 bits per heavy atom. The highest BCUT2D eigenvalue weighted by Gasteiger charge is 2.25. The smallest absolute Gasteiger partial charge is 0.123 e. The van der Waals surface area contributed by atoms with Gasteiger partial charge in [0.05, 0.1) is 0 Å². The fourth-order valence-corrected chi connectivity index (χ4v) is 3.06. The second-order valence-electron chi connectivity index (χ2n) is 5.34. The van der Waals surface area contributed by atoms with Crippen LogP contribution in [0.1, 0.15) is 41.6 Å². The van der Waals surface area contributed by atoms with Gasteiger partial charge in [0, 0.05) is 17.9 Å². The number of aromatic amines is 1. The first-order chi connectivity index (χ1) is 9.24. The van der Waals surface area contributed by atoms with Crippen LogP contribution in [0.4, 0.5) is 4.39 Å². The molecule has 0 amide bonds. The summed E-state index contributed by atoms with van der Waals surface area (Å²) in [6.07, 6.45) is 4.25. The summed E-state index contributed by atoms with van der Waals surface area (Å²) in [5, 5.41) is 3.53. The number of H-pyrrole nitrogens is 1. The molecule has 2 N–H and O–H groups in total. The van der Waals surface area contributed by atoms with Gasteiger partial charge in [0.15, 0.2) is 0 Å². The number of aromatic nitrogens is 1. The molecule has 3 heteroatoms. The Kier molecular flexibility index (Phi) is 3.38. The summed E-state index contributed by atoms with van der Waals surface area (Å²) < 4.78 is 13.0. The molecule has 0 aliphatic carbocycles. The maximum atomic E-state index is 13.0. The van der Waals surface area contributed by atoms with E-state index in [9.17, 15) is 4.39 Å². The summed E-state index contributed by atoms with van der Waals surface area (Å²) in [6.45, 7) is 3.14. The highest BCUT2D eigenvalue weighted by Crippen LogP contribution is 2.35. The van der Waals surface area contributed by atoms with Crippen LogP contribution in [0.5, 0.6) is 0 Å². The lowest BCUT2D eigenvalue weighted by molar-refractivity contribution is 0.369. The van der Waals surface area contributed by atoms with Crippen LogP contribution in [-0.4, -0.2) is 11.5 Å². The molecular weight excluding hydrogens is 239 g/mol. The Morgan fingerprint density at radius 3 is 2.63 bits per heavy atom. The van der Waals surface area contributed by atoms with Gasteiger partial charge in [0.2, 0.25) is 0 Å². The minimum atomic E-state index is -0.169. The highest BCUT2D eigenvalue weighted by atomic mass is 19.1. The van der Waals surface area contributed by atoms with Gasteiger partial charge in [-0.25, -0.2) is 4.39 Å². The summed E-state index contributed by atoms with van der Waals surface area (Å²) in [4.78, 5) is 3.26. The van der Waals surface area contributed by atoms with Gasteiger partial charge in [-0.15, -0.1) is 0 Å². The maximum Gasteiger partial charge on any atom is 0.123 e. The second-order valence-corrected chi connectivity index (χ2v) is 5.34. The number of piperidine rings is 1. The Labute approximate surface area is 113 Å². The van der Waals surface area contributed by atoms with Gasteiger partial charge in [-0.05, 0) is 61.6 Å².